The van der Waals surface area contributed by atoms with E-state index in [4.69, 9.17) is 4.98 Å². The number of anilines is 3. The van der Waals surface area contributed by atoms with Crippen molar-refractivity contribution in [2.24, 2.45) is 0 Å². The van der Waals surface area contributed by atoms with Crippen molar-refractivity contribution in [2.75, 3.05) is 23.3 Å². The number of hydrogen-bond acceptors (Lipinski definition) is 5. The molecule has 3 rings (SSSR count). The summed E-state index contributed by atoms with van der Waals surface area (Å²) >= 11 is 0. The standard InChI is InChI=1S/C22H24N4O/c1-4-26(5-2)22-24-20(17-10-7-6-8-11-17)15-21(25-22)23-19-13-9-12-18(14-19)16(3)27/h6-15H,4-5H2,1-3H3,(H,23,24,25). The maximum Gasteiger partial charge on any atom is 0.227 e. The topological polar surface area (TPSA) is 58.1 Å². The average Bonchev–Trinajstić information content (AvgIpc) is 2.69. The van der Waals surface area contributed by atoms with E-state index in [1.807, 2.05) is 60.7 Å². The van der Waals surface area contributed by atoms with Crippen molar-refractivity contribution in [1.82, 2.24) is 9.97 Å². The van der Waals surface area contributed by atoms with Crippen LogP contribution in [-0.2, 0) is 0 Å². The molecule has 0 amide bonds. The van der Waals surface area contributed by atoms with E-state index < -0.39 is 0 Å². The minimum absolute atomic E-state index is 0.0372. The van der Waals surface area contributed by atoms with Crippen LogP contribution in [0.15, 0.2) is 60.7 Å². The summed E-state index contributed by atoms with van der Waals surface area (Å²) < 4.78 is 0. The van der Waals surface area contributed by atoms with Crippen molar-refractivity contribution in [2.45, 2.75) is 20.8 Å². The highest BCUT2D eigenvalue weighted by Crippen LogP contribution is 2.25. The van der Waals surface area contributed by atoms with Crippen LogP contribution in [0.4, 0.5) is 17.5 Å². The van der Waals surface area contributed by atoms with Crippen LogP contribution >= 0.6 is 0 Å². The molecule has 2 aromatic carbocycles. The van der Waals surface area contributed by atoms with Crippen LogP contribution in [0.5, 0.6) is 0 Å². The first kappa shape index (κ1) is 18.6. The molecule has 0 aliphatic rings. The fraction of sp³-hybridized carbons (Fsp3) is 0.227. The number of carbonyl (C=O) groups excluding carboxylic acids is 1. The molecule has 3 aromatic rings. The van der Waals surface area contributed by atoms with Gasteiger partial charge in [-0.15, -0.1) is 0 Å². The van der Waals surface area contributed by atoms with Crippen molar-refractivity contribution >= 4 is 23.2 Å². The van der Waals surface area contributed by atoms with Crippen LogP contribution in [0.2, 0.25) is 0 Å². The zero-order valence-electron chi connectivity index (χ0n) is 15.9. The Hall–Kier alpha value is -3.21. The third kappa shape index (κ3) is 4.50. The van der Waals surface area contributed by atoms with Gasteiger partial charge in [-0.05, 0) is 32.9 Å². The van der Waals surface area contributed by atoms with Gasteiger partial charge in [0.1, 0.15) is 5.82 Å². The predicted molar refractivity (Wildman–Crippen MR) is 111 cm³/mol. The second kappa shape index (κ2) is 8.45. The van der Waals surface area contributed by atoms with Crippen LogP contribution in [-0.4, -0.2) is 28.8 Å². The van der Waals surface area contributed by atoms with Gasteiger partial charge >= 0.3 is 0 Å². The molecular weight excluding hydrogens is 336 g/mol. The molecule has 138 valence electrons. The molecule has 0 saturated heterocycles. The Morgan fingerprint density at radius 3 is 2.37 bits per heavy atom. The van der Waals surface area contributed by atoms with Gasteiger partial charge in [-0.1, -0.05) is 42.5 Å². The molecule has 0 spiro atoms. The predicted octanol–water partition coefficient (Wildman–Crippen LogP) is 4.94. The Balaban J connectivity index is 2.02. The van der Waals surface area contributed by atoms with Crippen molar-refractivity contribution in [3.8, 4) is 11.3 Å². The third-order valence-electron chi connectivity index (χ3n) is 4.37. The second-order valence-corrected chi connectivity index (χ2v) is 6.24. The van der Waals surface area contributed by atoms with E-state index in [0.29, 0.717) is 17.3 Å². The molecule has 27 heavy (non-hydrogen) atoms. The molecule has 0 aliphatic carbocycles. The first-order chi connectivity index (χ1) is 13.1. The van der Waals surface area contributed by atoms with E-state index in [9.17, 15) is 4.79 Å². The smallest absolute Gasteiger partial charge is 0.227 e. The summed E-state index contributed by atoms with van der Waals surface area (Å²) in [6.07, 6.45) is 0. The van der Waals surface area contributed by atoms with Gasteiger partial charge in [0.15, 0.2) is 5.78 Å². The van der Waals surface area contributed by atoms with E-state index in [0.717, 1.165) is 30.0 Å². The molecular formula is C22H24N4O. The lowest BCUT2D eigenvalue weighted by Gasteiger charge is -2.20. The number of Topliss-reactive ketones (excluding diaryl/α,β-unsaturated/α-hetero) is 1. The lowest BCUT2D eigenvalue weighted by Crippen LogP contribution is -2.24. The summed E-state index contributed by atoms with van der Waals surface area (Å²) in [4.78, 5) is 23.2. The summed E-state index contributed by atoms with van der Waals surface area (Å²) in [6.45, 7) is 7.40. The summed E-state index contributed by atoms with van der Waals surface area (Å²) in [7, 11) is 0. The number of aromatic nitrogens is 2. The van der Waals surface area contributed by atoms with Crippen LogP contribution in [0, 0.1) is 0 Å². The number of rotatable bonds is 7. The Bertz CT molecular complexity index is 921. The number of benzene rings is 2. The average molecular weight is 360 g/mol. The lowest BCUT2D eigenvalue weighted by molar-refractivity contribution is 0.101. The molecule has 0 atom stereocenters. The van der Waals surface area contributed by atoms with Crippen molar-refractivity contribution in [1.29, 1.82) is 0 Å². The number of carbonyl (C=O) groups is 1. The fourth-order valence-electron chi connectivity index (χ4n) is 2.87. The highest BCUT2D eigenvalue weighted by atomic mass is 16.1. The normalized spacial score (nSPS) is 10.5. The van der Waals surface area contributed by atoms with Gasteiger partial charge in [-0.25, -0.2) is 4.98 Å². The molecule has 1 heterocycles. The van der Waals surface area contributed by atoms with E-state index in [1.165, 1.54) is 0 Å². The van der Waals surface area contributed by atoms with E-state index in [1.54, 1.807) is 6.92 Å². The SMILES string of the molecule is CCN(CC)c1nc(Nc2cccc(C(C)=O)c2)cc(-c2ccccc2)n1. The molecule has 1 aromatic heterocycles. The zero-order valence-corrected chi connectivity index (χ0v) is 15.9. The molecule has 0 saturated carbocycles. The zero-order chi connectivity index (χ0) is 19.2. The molecule has 0 radical (unpaired) electrons. The Morgan fingerprint density at radius 1 is 0.963 bits per heavy atom. The Morgan fingerprint density at radius 2 is 1.70 bits per heavy atom. The maximum atomic E-state index is 11.7. The van der Waals surface area contributed by atoms with E-state index in [-0.39, 0.29) is 5.78 Å². The molecule has 0 fully saturated rings. The number of nitrogens with one attached hydrogen (secondary N) is 1. The lowest BCUT2D eigenvalue weighted by atomic mass is 10.1. The molecule has 0 unspecified atom stereocenters. The van der Waals surface area contributed by atoms with Gasteiger partial charge in [-0.2, -0.15) is 4.98 Å². The minimum Gasteiger partial charge on any atom is -0.341 e. The highest BCUT2D eigenvalue weighted by Gasteiger charge is 2.11. The first-order valence-electron chi connectivity index (χ1n) is 9.18. The quantitative estimate of drug-likeness (QED) is 0.605. The van der Waals surface area contributed by atoms with Gasteiger partial charge in [0.25, 0.3) is 0 Å². The van der Waals surface area contributed by atoms with Crippen LogP contribution < -0.4 is 10.2 Å². The third-order valence-corrected chi connectivity index (χ3v) is 4.37. The second-order valence-electron chi connectivity index (χ2n) is 6.24. The Labute approximate surface area is 160 Å². The molecule has 0 aliphatic heterocycles. The van der Waals surface area contributed by atoms with Gasteiger partial charge in [-0.3, -0.25) is 4.79 Å². The Kier molecular flexibility index (Phi) is 5.81. The number of ketones is 1. The number of nitrogens with zero attached hydrogens (tertiary/aromatic N) is 3. The van der Waals surface area contributed by atoms with Gasteiger partial charge in [0.05, 0.1) is 5.69 Å². The number of hydrogen-bond donors (Lipinski definition) is 1. The van der Waals surface area contributed by atoms with Crippen molar-refractivity contribution in [3.05, 3.63) is 66.2 Å². The van der Waals surface area contributed by atoms with Gasteiger partial charge in [0.2, 0.25) is 5.95 Å². The van der Waals surface area contributed by atoms with E-state index in [2.05, 4.69) is 29.0 Å². The summed E-state index contributed by atoms with van der Waals surface area (Å²) in [5, 5.41) is 3.32. The van der Waals surface area contributed by atoms with Gasteiger partial charge < -0.3 is 10.2 Å². The van der Waals surface area contributed by atoms with Gasteiger partial charge in [0, 0.05) is 36.0 Å². The summed E-state index contributed by atoms with van der Waals surface area (Å²) in [5.74, 6) is 1.42. The summed E-state index contributed by atoms with van der Waals surface area (Å²) in [5.41, 5.74) is 3.39. The van der Waals surface area contributed by atoms with E-state index >= 15 is 0 Å². The van der Waals surface area contributed by atoms with Crippen LogP contribution in [0.1, 0.15) is 31.1 Å². The molecule has 5 nitrogen and oxygen atoms in total. The molecule has 0 bridgehead atoms. The minimum atomic E-state index is 0.0372. The summed E-state index contributed by atoms with van der Waals surface area (Å²) in [6, 6.07) is 19.4. The fourth-order valence-corrected chi connectivity index (χ4v) is 2.87. The first-order valence-corrected chi connectivity index (χ1v) is 9.18. The maximum absolute atomic E-state index is 11.7. The molecule has 5 heteroatoms. The largest absolute Gasteiger partial charge is 0.341 e. The van der Waals surface area contributed by atoms with Crippen LogP contribution in [0.3, 0.4) is 0 Å². The molecule has 1 N–H and O–H groups in total. The highest BCUT2D eigenvalue weighted by molar-refractivity contribution is 5.95. The van der Waals surface area contributed by atoms with Crippen molar-refractivity contribution < 1.29 is 4.79 Å². The van der Waals surface area contributed by atoms with Crippen molar-refractivity contribution in [3.63, 3.8) is 0 Å². The van der Waals surface area contributed by atoms with Crippen LogP contribution in [0.25, 0.3) is 11.3 Å². The monoisotopic (exact) mass is 360 g/mol.